The summed E-state index contributed by atoms with van der Waals surface area (Å²) in [6, 6.07) is 5.21. The van der Waals surface area contributed by atoms with Crippen molar-refractivity contribution in [3.63, 3.8) is 0 Å². The Kier molecular flexibility index (Phi) is 4.83. The van der Waals surface area contributed by atoms with Crippen LogP contribution in [0.1, 0.15) is 36.7 Å². The summed E-state index contributed by atoms with van der Waals surface area (Å²) in [5.41, 5.74) is 0.922. The SMILES string of the molecule is CCOC(=O)C(NC(=O)[C@@H]1C[C@H]1c1ccc(F)cc1)c1nccn1C. The number of rotatable bonds is 6. The van der Waals surface area contributed by atoms with Gasteiger partial charge in [-0.3, -0.25) is 4.79 Å². The van der Waals surface area contributed by atoms with Crippen LogP contribution in [0.2, 0.25) is 0 Å². The van der Waals surface area contributed by atoms with E-state index in [-0.39, 0.29) is 30.2 Å². The van der Waals surface area contributed by atoms with Gasteiger partial charge in [-0.15, -0.1) is 0 Å². The van der Waals surface area contributed by atoms with Crippen molar-refractivity contribution in [2.45, 2.75) is 25.3 Å². The maximum absolute atomic E-state index is 13.0. The molecule has 3 atom stereocenters. The first kappa shape index (κ1) is 17.1. The third-order valence-corrected chi connectivity index (χ3v) is 4.35. The number of halogens is 1. The van der Waals surface area contributed by atoms with Crippen molar-refractivity contribution in [3.8, 4) is 0 Å². The lowest BCUT2D eigenvalue weighted by Crippen LogP contribution is -2.37. The van der Waals surface area contributed by atoms with Crippen LogP contribution in [0.4, 0.5) is 4.39 Å². The van der Waals surface area contributed by atoms with Crippen LogP contribution in [-0.2, 0) is 21.4 Å². The molecule has 25 heavy (non-hydrogen) atoms. The van der Waals surface area contributed by atoms with E-state index in [1.165, 1.54) is 12.1 Å². The molecule has 6 nitrogen and oxygen atoms in total. The van der Waals surface area contributed by atoms with Gasteiger partial charge in [0, 0.05) is 25.4 Å². The Bertz CT molecular complexity index is 772. The molecule has 1 aromatic heterocycles. The highest BCUT2D eigenvalue weighted by Crippen LogP contribution is 2.47. The van der Waals surface area contributed by atoms with Gasteiger partial charge in [0.2, 0.25) is 5.91 Å². The number of nitrogens with one attached hydrogen (secondary N) is 1. The predicted molar refractivity (Wildman–Crippen MR) is 88.0 cm³/mol. The first-order valence-electron chi connectivity index (χ1n) is 8.21. The molecule has 0 radical (unpaired) electrons. The number of hydrogen-bond donors (Lipinski definition) is 1. The Morgan fingerprint density at radius 2 is 2.12 bits per heavy atom. The zero-order valence-electron chi connectivity index (χ0n) is 14.1. The van der Waals surface area contributed by atoms with E-state index >= 15 is 0 Å². The average Bonchev–Trinajstić information content (AvgIpc) is 3.28. The minimum Gasteiger partial charge on any atom is -0.464 e. The highest BCUT2D eigenvalue weighted by atomic mass is 19.1. The van der Waals surface area contributed by atoms with Crippen LogP contribution in [0.15, 0.2) is 36.7 Å². The van der Waals surface area contributed by atoms with Crippen LogP contribution in [-0.4, -0.2) is 28.0 Å². The molecule has 1 saturated carbocycles. The maximum atomic E-state index is 13.0. The molecular weight excluding hydrogens is 325 g/mol. The van der Waals surface area contributed by atoms with E-state index in [1.54, 1.807) is 43.1 Å². The molecule has 0 spiro atoms. The molecule has 0 aliphatic heterocycles. The normalized spacial score (nSPS) is 20.0. The zero-order chi connectivity index (χ0) is 18.0. The van der Waals surface area contributed by atoms with E-state index in [4.69, 9.17) is 4.74 Å². The van der Waals surface area contributed by atoms with Gasteiger partial charge in [-0.05, 0) is 37.0 Å². The van der Waals surface area contributed by atoms with E-state index in [9.17, 15) is 14.0 Å². The molecule has 132 valence electrons. The topological polar surface area (TPSA) is 73.2 Å². The van der Waals surface area contributed by atoms with E-state index < -0.39 is 12.0 Å². The minimum atomic E-state index is -0.943. The summed E-state index contributed by atoms with van der Waals surface area (Å²) in [5.74, 6) is -0.833. The number of aromatic nitrogens is 2. The number of esters is 1. The number of amides is 1. The molecule has 1 amide bonds. The largest absolute Gasteiger partial charge is 0.464 e. The number of aryl methyl sites for hydroxylation is 1. The second-order valence-electron chi connectivity index (χ2n) is 6.09. The summed E-state index contributed by atoms with van der Waals surface area (Å²) >= 11 is 0. The van der Waals surface area contributed by atoms with Gasteiger partial charge in [-0.1, -0.05) is 12.1 Å². The monoisotopic (exact) mass is 345 g/mol. The quantitative estimate of drug-likeness (QED) is 0.814. The van der Waals surface area contributed by atoms with Gasteiger partial charge in [0.25, 0.3) is 0 Å². The molecule has 1 aromatic carbocycles. The highest BCUT2D eigenvalue weighted by Gasteiger charge is 2.45. The van der Waals surface area contributed by atoms with Crippen molar-refractivity contribution < 1.29 is 18.7 Å². The summed E-state index contributed by atoms with van der Waals surface area (Å²) in [4.78, 5) is 28.9. The minimum absolute atomic E-state index is 0.0461. The van der Waals surface area contributed by atoms with E-state index in [0.29, 0.717) is 12.2 Å². The summed E-state index contributed by atoms with van der Waals surface area (Å²) < 4.78 is 19.7. The number of ether oxygens (including phenoxy) is 1. The van der Waals surface area contributed by atoms with Gasteiger partial charge in [0.05, 0.1) is 6.61 Å². The average molecular weight is 345 g/mol. The van der Waals surface area contributed by atoms with Crippen LogP contribution in [0.5, 0.6) is 0 Å². The van der Waals surface area contributed by atoms with Gasteiger partial charge in [0.1, 0.15) is 11.6 Å². The van der Waals surface area contributed by atoms with Crippen molar-refractivity contribution in [1.82, 2.24) is 14.9 Å². The second-order valence-corrected chi connectivity index (χ2v) is 6.09. The van der Waals surface area contributed by atoms with Crippen molar-refractivity contribution >= 4 is 11.9 Å². The number of nitrogens with zero attached hydrogens (tertiary/aromatic N) is 2. The third-order valence-electron chi connectivity index (χ3n) is 4.35. The fourth-order valence-electron chi connectivity index (χ4n) is 2.92. The molecule has 0 saturated heterocycles. The molecule has 3 rings (SSSR count). The lowest BCUT2D eigenvalue weighted by Gasteiger charge is -2.17. The van der Waals surface area contributed by atoms with Crippen LogP contribution in [0.25, 0.3) is 0 Å². The summed E-state index contributed by atoms with van der Waals surface area (Å²) in [6.45, 7) is 1.93. The smallest absolute Gasteiger partial charge is 0.336 e. The third kappa shape index (κ3) is 3.70. The molecule has 1 aliphatic carbocycles. The molecule has 1 N–H and O–H groups in total. The molecule has 2 aromatic rings. The first-order chi connectivity index (χ1) is 12.0. The second kappa shape index (κ2) is 7.04. The molecule has 1 aliphatic rings. The van der Waals surface area contributed by atoms with E-state index in [2.05, 4.69) is 10.3 Å². The predicted octanol–water partition coefficient (Wildman–Crippen LogP) is 2.08. The maximum Gasteiger partial charge on any atom is 0.336 e. The summed E-state index contributed by atoms with van der Waals surface area (Å²) in [5, 5.41) is 2.75. The Hall–Kier alpha value is -2.70. The fourth-order valence-corrected chi connectivity index (χ4v) is 2.92. The van der Waals surface area contributed by atoms with Crippen LogP contribution in [0.3, 0.4) is 0 Å². The Morgan fingerprint density at radius 1 is 1.40 bits per heavy atom. The fraction of sp³-hybridized carbons (Fsp3) is 0.389. The summed E-state index contributed by atoms with van der Waals surface area (Å²) in [7, 11) is 1.75. The lowest BCUT2D eigenvalue weighted by molar-refractivity contribution is -0.148. The van der Waals surface area contributed by atoms with Crippen LogP contribution in [0, 0.1) is 11.7 Å². The number of carbonyl (C=O) groups is 2. The van der Waals surface area contributed by atoms with Crippen LogP contribution < -0.4 is 5.32 Å². The first-order valence-corrected chi connectivity index (χ1v) is 8.21. The molecule has 1 unspecified atom stereocenters. The number of carbonyl (C=O) groups excluding carboxylic acids is 2. The van der Waals surface area contributed by atoms with Gasteiger partial charge in [-0.2, -0.15) is 0 Å². The van der Waals surface area contributed by atoms with Crippen molar-refractivity contribution in [3.05, 3.63) is 53.9 Å². The van der Waals surface area contributed by atoms with Gasteiger partial charge in [-0.25, -0.2) is 14.2 Å². The van der Waals surface area contributed by atoms with E-state index in [0.717, 1.165) is 5.56 Å². The van der Waals surface area contributed by atoms with Gasteiger partial charge in [0.15, 0.2) is 6.04 Å². The Morgan fingerprint density at radius 3 is 2.72 bits per heavy atom. The number of benzene rings is 1. The molecule has 1 fully saturated rings. The van der Waals surface area contributed by atoms with Crippen molar-refractivity contribution in [2.75, 3.05) is 6.61 Å². The Balaban J connectivity index is 1.70. The van der Waals surface area contributed by atoms with Crippen molar-refractivity contribution in [2.24, 2.45) is 13.0 Å². The molecular formula is C18H20FN3O3. The zero-order valence-corrected chi connectivity index (χ0v) is 14.1. The van der Waals surface area contributed by atoms with E-state index in [1.807, 2.05) is 0 Å². The number of imidazole rings is 1. The molecule has 7 heteroatoms. The number of hydrogen-bond acceptors (Lipinski definition) is 4. The van der Waals surface area contributed by atoms with Gasteiger partial charge >= 0.3 is 5.97 Å². The molecule has 0 bridgehead atoms. The van der Waals surface area contributed by atoms with Crippen molar-refractivity contribution in [1.29, 1.82) is 0 Å². The molecule has 1 heterocycles. The summed E-state index contributed by atoms with van der Waals surface area (Å²) in [6.07, 6.45) is 3.94. The Labute approximate surface area is 145 Å². The lowest BCUT2D eigenvalue weighted by atomic mass is 10.1. The van der Waals surface area contributed by atoms with Crippen LogP contribution >= 0.6 is 0 Å². The highest BCUT2D eigenvalue weighted by molar-refractivity contribution is 5.88. The standard InChI is InChI=1S/C18H20FN3O3/c1-3-25-18(24)15(16-20-8-9-22(16)2)21-17(23)14-10-13(14)11-4-6-12(19)7-5-11/h4-9,13-15H,3,10H2,1-2H3,(H,21,23)/t13-,14+,15?/m0/s1. The van der Waals surface area contributed by atoms with Gasteiger partial charge < -0.3 is 14.6 Å².